The number of hydrogen-bond donors (Lipinski definition) is 6. The lowest BCUT2D eigenvalue weighted by atomic mass is 9.93. The molecule has 11 aromatic rings. The second-order valence-corrected chi connectivity index (χ2v) is 15.9. The number of hydrogen-bond acceptors (Lipinski definition) is 13. The van der Waals surface area contributed by atoms with Crippen LogP contribution < -0.4 is 11.5 Å². The van der Waals surface area contributed by atoms with Crippen molar-refractivity contribution in [3.63, 3.8) is 0 Å². The van der Waals surface area contributed by atoms with Crippen molar-refractivity contribution in [2.45, 2.75) is 6.04 Å². The first-order chi connectivity index (χ1) is 33.2. The molecular weight excluding hydrogens is 869 g/mol. The Labute approximate surface area is 395 Å². The summed E-state index contributed by atoms with van der Waals surface area (Å²) in [5.41, 5.74) is 15.2. The quantitative estimate of drug-likeness (QED) is 0.0536. The van der Waals surface area contributed by atoms with Gasteiger partial charge in [0.1, 0.15) is 34.4 Å². The van der Waals surface area contributed by atoms with Crippen LogP contribution in [0.15, 0.2) is 232 Å². The first kappa shape index (κ1) is 45.5. The van der Waals surface area contributed by atoms with Crippen LogP contribution in [0.1, 0.15) is 17.2 Å². The highest BCUT2D eigenvalue weighted by molar-refractivity contribution is 7.13. The lowest BCUT2D eigenvalue weighted by molar-refractivity contribution is 0.466. The Morgan fingerprint density at radius 2 is 0.882 bits per heavy atom. The van der Waals surface area contributed by atoms with Gasteiger partial charge in [0.15, 0.2) is 5.82 Å². The van der Waals surface area contributed by atoms with Gasteiger partial charge in [-0.15, -0.1) is 31.8 Å². The largest absolute Gasteiger partial charge is 0.508 e. The minimum atomic E-state index is -0.327. The number of aromatic hydroxyl groups is 4. The van der Waals surface area contributed by atoms with Crippen molar-refractivity contribution in [1.82, 2.24) is 9.97 Å². The van der Waals surface area contributed by atoms with Gasteiger partial charge in [0.2, 0.25) is 5.13 Å². The zero-order valence-corrected chi connectivity index (χ0v) is 37.1. The van der Waals surface area contributed by atoms with Crippen molar-refractivity contribution < 1.29 is 20.4 Å². The molecule has 13 heteroatoms. The summed E-state index contributed by atoms with van der Waals surface area (Å²) < 4.78 is 0. The number of nitrogens with two attached hydrogens (primary N) is 2. The maximum absolute atomic E-state index is 10.2. The van der Waals surface area contributed by atoms with Crippen LogP contribution in [-0.2, 0) is 0 Å². The van der Waals surface area contributed by atoms with Crippen molar-refractivity contribution in [2.75, 3.05) is 5.73 Å². The van der Waals surface area contributed by atoms with E-state index in [1.165, 1.54) is 11.3 Å². The lowest BCUT2D eigenvalue weighted by Gasteiger charge is -2.16. The summed E-state index contributed by atoms with van der Waals surface area (Å²) in [5.74, 6) is 1.13. The van der Waals surface area contributed by atoms with Gasteiger partial charge in [-0.2, -0.15) is 0 Å². The number of thiazole rings is 1. The third-order valence-electron chi connectivity index (χ3n) is 10.7. The van der Waals surface area contributed by atoms with Crippen LogP contribution in [0.3, 0.4) is 0 Å². The Balaban J connectivity index is 0.000000124. The van der Waals surface area contributed by atoms with E-state index in [0.717, 1.165) is 54.2 Å². The first-order valence-corrected chi connectivity index (χ1v) is 22.2. The molecule has 0 fully saturated rings. The van der Waals surface area contributed by atoms with Crippen LogP contribution in [-0.4, -0.2) is 30.4 Å². The number of nitrogen functional groups attached to an aromatic ring is 1. The predicted octanol–water partition coefficient (Wildman–Crippen LogP) is 14.5. The summed E-state index contributed by atoms with van der Waals surface area (Å²) in [6.45, 7) is 0. The molecule has 1 unspecified atom stereocenters. The molecule has 9 aromatic carbocycles. The fourth-order valence-electron chi connectivity index (χ4n) is 7.29. The number of phenols is 4. The van der Waals surface area contributed by atoms with Crippen molar-refractivity contribution in [1.29, 1.82) is 0 Å². The Kier molecular flexibility index (Phi) is 14.6. The number of benzene rings is 9. The van der Waals surface area contributed by atoms with Gasteiger partial charge in [-0.3, -0.25) is 0 Å². The molecule has 0 saturated heterocycles. The van der Waals surface area contributed by atoms with E-state index in [0.29, 0.717) is 28.0 Å². The van der Waals surface area contributed by atoms with Gasteiger partial charge in [0.05, 0.1) is 11.7 Å². The van der Waals surface area contributed by atoms with E-state index < -0.39 is 0 Å². The van der Waals surface area contributed by atoms with Crippen LogP contribution in [0, 0.1) is 0 Å². The maximum Gasteiger partial charge on any atom is 0.229 e. The highest BCUT2D eigenvalue weighted by Gasteiger charge is 2.16. The van der Waals surface area contributed by atoms with E-state index in [9.17, 15) is 20.4 Å². The topological polar surface area (TPSA) is 208 Å². The monoisotopic (exact) mass is 912 g/mol. The van der Waals surface area contributed by atoms with Gasteiger partial charge in [0, 0.05) is 39.5 Å². The number of pyridine rings is 1. The average Bonchev–Trinajstić information content (AvgIpc) is 3.92. The molecule has 0 radical (unpaired) electrons. The van der Waals surface area contributed by atoms with Crippen molar-refractivity contribution in [3.8, 4) is 23.0 Å². The molecule has 1 atom stereocenters. The first-order valence-electron chi connectivity index (χ1n) is 21.3. The summed E-state index contributed by atoms with van der Waals surface area (Å²) in [5, 5.41) is 65.7. The third-order valence-corrected chi connectivity index (χ3v) is 11.3. The SMILES string of the molecule is NC(c1ccccc1)c1c(O)ccc2ccccc12.Nc1c(O)ccc2ccccc12.Oc1ccc2ccccc2c1N=Nc1ccccn1.Oc1ccc2ccccc2c1N=Nc1nccs1. The molecule has 2 heterocycles. The van der Waals surface area contributed by atoms with Gasteiger partial charge in [-0.05, 0) is 68.9 Å². The summed E-state index contributed by atoms with van der Waals surface area (Å²) >= 11 is 1.40. The molecule has 2 aromatic heterocycles. The second-order valence-electron chi connectivity index (χ2n) is 15.0. The molecule has 0 aliphatic rings. The number of fused-ring (bicyclic) bond motifs is 4. The summed E-state index contributed by atoms with van der Waals surface area (Å²) in [6.07, 6.45) is 3.32. The van der Waals surface area contributed by atoms with Gasteiger partial charge >= 0.3 is 0 Å². The minimum Gasteiger partial charge on any atom is -0.508 e. The van der Waals surface area contributed by atoms with Crippen molar-refractivity contribution >= 4 is 82.4 Å². The fraction of sp³-hybridized carbons (Fsp3) is 0.0182. The molecule has 8 N–H and O–H groups in total. The van der Waals surface area contributed by atoms with Crippen molar-refractivity contribution in [2.24, 2.45) is 26.2 Å². The Morgan fingerprint density at radius 1 is 0.412 bits per heavy atom. The lowest BCUT2D eigenvalue weighted by Crippen LogP contribution is -2.12. The van der Waals surface area contributed by atoms with Crippen LogP contribution >= 0.6 is 11.3 Å². The maximum atomic E-state index is 10.2. The number of rotatable bonds is 6. The molecule has 334 valence electrons. The molecule has 0 aliphatic heterocycles. The molecular formula is C55H44N8O4S. The van der Waals surface area contributed by atoms with E-state index in [1.807, 2.05) is 169 Å². The van der Waals surface area contributed by atoms with Gasteiger partial charge in [-0.1, -0.05) is 158 Å². The number of azo groups is 2. The summed E-state index contributed by atoms with van der Waals surface area (Å²) in [6, 6.07) is 60.0. The van der Waals surface area contributed by atoms with Gasteiger partial charge in [-0.25, -0.2) is 9.97 Å². The average molecular weight is 913 g/mol. The van der Waals surface area contributed by atoms with E-state index in [2.05, 4.69) is 30.4 Å². The number of phenolic OH excluding ortho intramolecular Hbond substituents is 4. The minimum absolute atomic E-state index is 0.110. The van der Waals surface area contributed by atoms with Crippen LogP contribution in [0.5, 0.6) is 23.0 Å². The molecule has 0 saturated carbocycles. The fourth-order valence-corrected chi connectivity index (χ4v) is 7.74. The van der Waals surface area contributed by atoms with Crippen molar-refractivity contribution in [3.05, 3.63) is 223 Å². The van der Waals surface area contributed by atoms with E-state index in [1.54, 1.807) is 42.7 Å². The number of anilines is 1. The van der Waals surface area contributed by atoms with Gasteiger partial charge < -0.3 is 31.9 Å². The molecule has 0 bridgehead atoms. The summed E-state index contributed by atoms with van der Waals surface area (Å²) in [7, 11) is 0. The zero-order chi connectivity index (χ0) is 47.2. The second kappa shape index (κ2) is 21.8. The molecule has 0 aliphatic carbocycles. The smallest absolute Gasteiger partial charge is 0.229 e. The predicted molar refractivity (Wildman–Crippen MR) is 274 cm³/mol. The third kappa shape index (κ3) is 10.9. The highest BCUT2D eigenvalue weighted by atomic mass is 32.1. The normalized spacial score (nSPS) is 11.4. The van der Waals surface area contributed by atoms with E-state index >= 15 is 0 Å². The Morgan fingerprint density at radius 3 is 1.44 bits per heavy atom. The molecule has 0 spiro atoms. The van der Waals surface area contributed by atoms with Gasteiger partial charge in [0.25, 0.3) is 0 Å². The Bertz CT molecular complexity index is 3500. The van der Waals surface area contributed by atoms with E-state index in [4.69, 9.17) is 11.5 Å². The molecule has 11 rings (SSSR count). The molecule has 12 nitrogen and oxygen atoms in total. The molecule has 0 amide bonds. The number of nitrogens with zero attached hydrogens (tertiary/aromatic N) is 6. The zero-order valence-electron chi connectivity index (χ0n) is 36.3. The number of aromatic nitrogens is 2. The highest BCUT2D eigenvalue weighted by Crippen LogP contribution is 2.38. The van der Waals surface area contributed by atoms with Crippen LogP contribution in [0.25, 0.3) is 43.1 Å². The Hall–Kier alpha value is -9.04. The summed E-state index contributed by atoms with van der Waals surface area (Å²) in [4.78, 5) is 8.08. The standard InChI is InChI=1S/C17H15NO.C15H11N3O.C13H9N3OS.C10H9NO/c18-17(13-7-2-1-3-8-13)16-14-9-5-4-6-12(14)10-11-15(16)19;19-13-9-8-11-5-1-2-6-12(11)15(13)18-17-14-7-3-4-10-16-14;17-11-6-5-9-3-1-2-4-10(9)12(11)15-16-13-14-7-8-18-13;11-10-8-4-2-1-3-7(8)5-6-9(10)12/h1-11,17,19H,18H2;1-10,19H;1-8,17H;1-6,12H,11H2. The van der Waals surface area contributed by atoms with Crippen LogP contribution in [0.4, 0.5) is 28.0 Å². The van der Waals surface area contributed by atoms with Crippen LogP contribution in [0.2, 0.25) is 0 Å². The van der Waals surface area contributed by atoms with E-state index in [-0.39, 0.29) is 29.0 Å². The molecule has 68 heavy (non-hydrogen) atoms.